The van der Waals surface area contributed by atoms with Gasteiger partial charge in [-0.15, -0.1) is 0 Å². The molecule has 0 aromatic heterocycles. The molecule has 1 atom stereocenters. The van der Waals surface area contributed by atoms with Crippen molar-refractivity contribution in [2.75, 3.05) is 38.6 Å². The van der Waals surface area contributed by atoms with Gasteiger partial charge in [-0.3, -0.25) is 9.59 Å². The molecule has 2 rings (SSSR count). The van der Waals surface area contributed by atoms with Crippen LogP contribution in [0.15, 0.2) is 18.2 Å². The van der Waals surface area contributed by atoms with Gasteiger partial charge in [-0.05, 0) is 24.6 Å². The molecular weight excluding hydrogens is 314 g/mol. The van der Waals surface area contributed by atoms with Gasteiger partial charge in [-0.2, -0.15) is 0 Å². The number of carbonyl (C=O) groups is 2. The normalized spacial score (nSPS) is 17.9. The van der Waals surface area contributed by atoms with Gasteiger partial charge in [0.05, 0.1) is 26.6 Å². The van der Waals surface area contributed by atoms with Crippen LogP contribution in [0.3, 0.4) is 0 Å². The van der Waals surface area contributed by atoms with Crippen molar-refractivity contribution in [1.82, 2.24) is 5.32 Å². The smallest absolute Gasteiger partial charge is 0.227 e. The number of aryl methyl sites for hydroxylation is 1. The molecular formula is C17H25ClN3O2+. The number of hydrogen-bond acceptors (Lipinski definition) is 2. The second-order valence-electron chi connectivity index (χ2n) is 6.44. The Morgan fingerprint density at radius 1 is 1.43 bits per heavy atom. The molecule has 1 fully saturated rings. The molecule has 1 aliphatic heterocycles. The molecule has 1 heterocycles. The molecule has 5 nitrogen and oxygen atoms in total. The van der Waals surface area contributed by atoms with Crippen molar-refractivity contribution >= 4 is 29.1 Å². The van der Waals surface area contributed by atoms with Gasteiger partial charge in [-0.25, -0.2) is 0 Å². The van der Waals surface area contributed by atoms with Crippen molar-refractivity contribution in [3.8, 4) is 0 Å². The van der Waals surface area contributed by atoms with Gasteiger partial charge in [0.15, 0.2) is 0 Å². The molecule has 0 aliphatic carbocycles. The number of nitrogens with zero attached hydrogens (tertiary/aromatic N) is 1. The van der Waals surface area contributed by atoms with Crippen LogP contribution in [0, 0.1) is 12.8 Å². The van der Waals surface area contributed by atoms with E-state index in [9.17, 15) is 9.59 Å². The molecule has 1 saturated heterocycles. The maximum absolute atomic E-state index is 12.2. The summed E-state index contributed by atoms with van der Waals surface area (Å²) < 4.78 is 0. The molecule has 0 bridgehead atoms. The lowest BCUT2D eigenvalue weighted by Crippen LogP contribution is -3.05. The van der Waals surface area contributed by atoms with Gasteiger partial charge < -0.3 is 15.1 Å². The Balaban J connectivity index is 1.91. The molecule has 1 aliphatic rings. The molecule has 0 saturated carbocycles. The van der Waals surface area contributed by atoms with E-state index in [2.05, 4.69) is 19.4 Å². The van der Waals surface area contributed by atoms with Gasteiger partial charge in [0.1, 0.15) is 0 Å². The first-order valence-corrected chi connectivity index (χ1v) is 8.39. The fourth-order valence-corrected chi connectivity index (χ4v) is 2.86. The molecule has 1 aromatic rings. The number of benzene rings is 1. The summed E-state index contributed by atoms with van der Waals surface area (Å²) in [4.78, 5) is 27.4. The van der Waals surface area contributed by atoms with Crippen LogP contribution in [0.2, 0.25) is 5.02 Å². The average molecular weight is 339 g/mol. The molecule has 126 valence electrons. The molecule has 23 heavy (non-hydrogen) atoms. The predicted molar refractivity (Wildman–Crippen MR) is 92.0 cm³/mol. The standard InChI is InChI=1S/C17H24ClN3O2/c1-12-5-6-14(10-15(12)18)21-11-13(9-16(21)22)17(23)19-7-4-8-20(2)3/h5-6,10,13H,4,7-9,11H2,1-3H3,(H,19,23)/p+1/t13-/m1/s1. The Morgan fingerprint density at radius 2 is 2.17 bits per heavy atom. The van der Waals surface area contributed by atoms with Gasteiger partial charge in [0.2, 0.25) is 11.8 Å². The van der Waals surface area contributed by atoms with Crippen LogP contribution in [-0.2, 0) is 9.59 Å². The number of quaternary nitrogens is 1. The number of anilines is 1. The zero-order valence-electron chi connectivity index (χ0n) is 14.0. The molecule has 2 amide bonds. The first-order valence-electron chi connectivity index (χ1n) is 8.01. The van der Waals surface area contributed by atoms with E-state index in [1.807, 2.05) is 19.1 Å². The first-order chi connectivity index (χ1) is 10.9. The number of carbonyl (C=O) groups excluding carboxylic acids is 2. The second kappa shape index (κ2) is 7.79. The highest BCUT2D eigenvalue weighted by Crippen LogP contribution is 2.28. The summed E-state index contributed by atoms with van der Waals surface area (Å²) in [6.07, 6.45) is 1.20. The van der Waals surface area contributed by atoms with E-state index in [0.717, 1.165) is 24.2 Å². The topological polar surface area (TPSA) is 53.9 Å². The number of amides is 2. The van der Waals surface area contributed by atoms with E-state index in [1.54, 1.807) is 11.0 Å². The van der Waals surface area contributed by atoms with Crippen molar-refractivity contribution in [3.05, 3.63) is 28.8 Å². The Labute approximate surface area is 142 Å². The van der Waals surface area contributed by atoms with Gasteiger partial charge >= 0.3 is 0 Å². The third-order valence-corrected chi connectivity index (χ3v) is 4.52. The molecule has 6 heteroatoms. The van der Waals surface area contributed by atoms with Crippen LogP contribution in [-0.4, -0.2) is 45.5 Å². The van der Waals surface area contributed by atoms with E-state index < -0.39 is 0 Å². The largest absolute Gasteiger partial charge is 0.356 e. The Kier molecular flexibility index (Phi) is 6.02. The van der Waals surface area contributed by atoms with Crippen molar-refractivity contribution in [3.63, 3.8) is 0 Å². The van der Waals surface area contributed by atoms with Gasteiger partial charge in [0, 0.05) is 36.6 Å². The van der Waals surface area contributed by atoms with Crippen molar-refractivity contribution in [2.45, 2.75) is 19.8 Å². The number of hydrogen-bond donors (Lipinski definition) is 2. The molecule has 1 aromatic carbocycles. The summed E-state index contributed by atoms with van der Waals surface area (Å²) in [5.74, 6) is -0.343. The minimum Gasteiger partial charge on any atom is -0.356 e. The summed E-state index contributed by atoms with van der Waals surface area (Å²) in [6, 6.07) is 5.55. The van der Waals surface area contributed by atoms with Crippen molar-refractivity contribution in [1.29, 1.82) is 0 Å². The SMILES string of the molecule is Cc1ccc(N2C[C@H](C(=O)NCCC[NH+](C)C)CC2=O)cc1Cl. The average Bonchev–Trinajstić information content (AvgIpc) is 2.88. The van der Waals surface area contributed by atoms with Crippen LogP contribution >= 0.6 is 11.6 Å². The zero-order valence-corrected chi connectivity index (χ0v) is 14.7. The van der Waals surface area contributed by atoms with Crippen molar-refractivity contribution < 1.29 is 14.5 Å². The number of nitrogens with one attached hydrogen (secondary N) is 2. The fraction of sp³-hybridized carbons (Fsp3) is 0.529. The minimum atomic E-state index is -0.283. The molecule has 0 radical (unpaired) electrons. The predicted octanol–water partition coefficient (Wildman–Crippen LogP) is 0.652. The quantitative estimate of drug-likeness (QED) is 0.748. The Morgan fingerprint density at radius 3 is 2.83 bits per heavy atom. The maximum atomic E-state index is 12.2. The monoisotopic (exact) mass is 338 g/mol. The fourth-order valence-electron chi connectivity index (χ4n) is 2.68. The van der Waals surface area contributed by atoms with E-state index in [1.165, 1.54) is 4.90 Å². The van der Waals surface area contributed by atoms with E-state index in [-0.39, 0.29) is 24.2 Å². The summed E-state index contributed by atoms with van der Waals surface area (Å²) in [7, 11) is 4.17. The Bertz CT molecular complexity index is 589. The molecule has 0 spiro atoms. The lowest BCUT2D eigenvalue weighted by molar-refractivity contribution is -0.858. The summed E-state index contributed by atoms with van der Waals surface area (Å²) in [5.41, 5.74) is 1.73. The number of halogens is 1. The van der Waals surface area contributed by atoms with Gasteiger partial charge in [0.25, 0.3) is 0 Å². The third-order valence-electron chi connectivity index (χ3n) is 4.12. The summed E-state index contributed by atoms with van der Waals surface area (Å²) in [5, 5.41) is 3.57. The summed E-state index contributed by atoms with van der Waals surface area (Å²) >= 11 is 6.13. The maximum Gasteiger partial charge on any atom is 0.227 e. The van der Waals surface area contributed by atoms with E-state index in [0.29, 0.717) is 18.1 Å². The van der Waals surface area contributed by atoms with E-state index in [4.69, 9.17) is 11.6 Å². The Hall–Kier alpha value is -1.59. The minimum absolute atomic E-state index is 0.0252. The first kappa shape index (κ1) is 17.8. The highest BCUT2D eigenvalue weighted by molar-refractivity contribution is 6.31. The van der Waals surface area contributed by atoms with Gasteiger partial charge in [-0.1, -0.05) is 17.7 Å². The highest BCUT2D eigenvalue weighted by Gasteiger charge is 2.35. The second-order valence-corrected chi connectivity index (χ2v) is 6.85. The van der Waals surface area contributed by atoms with Crippen LogP contribution in [0.25, 0.3) is 0 Å². The molecule has 2 N–H and O–H groups in total. The highest BCUT2D eigenvalue weighted by atomic mass is 35.5. The van der Waals surface area contributed by atoms with Crippen LogP contribution in [0.4, 0.5) is 5.69 Å². The van der Waals surface area contributed by atoms with Crippen LogP contribution in [0.5, 0.6) is 0 Å². The number of rotatable bonds is 6. The summed E-state index contributed by atoms with van der Waals surface area (Å²) in [6.45, 7) is 4.01. The van der Waals surface area contributed by atoms with Crippen molar-refractivity contribution in [2.24, 2.45) is 5.92 Å². The van der Waals surface area contributed by atoms with Crippen LogP contribution in [0.1, 0.15) is 18.4 Å². The molecule has 0 unspecified atom stereocenters. The lowest BCUT2D eigenvalue weighted by atomic mass is 10.1. The zero-order chi connectivity index (χ0) is 17.0. The lowest BCUT2D eigenvalue weighted by Gasteiger charge is -2.17. The van der Waals surface area contributed by atoms with E-state index >= 15 is 0 Å². The van der Waals surface area contributed by atoms with Crippen LogP contribution < -0.4 is 15.1 Å². The third kappa shape index (κ3) is 4.69.